The molecule has 1 nitrogen and oxygen atoms in total. The minimum absolute atomic E-state index is 0.106. The second kappa shape index (κ2) is 8.82. The lowest BCUT2D eigenvalue weighted by molar-refractivity contribution is -0.137. The van der Waals surface area contributed by atoms with Crippen molar-refractivity contribution in [2.75, 3.05) is 0 Å². The van der Waals surface area contributed by atoms with Gasteiger partial charge in [-0.05, 0) is 42.3 Å². The molecule has 0 atom stereocenters. The van der Waals surface area contributed by atoms with Gasteiger partial charge in [0.05, 0.1) is 10.6 Å². The second-order valence-electron chi connectivity index (χ2n) is 4.64. The van der Waals surface area contributed by atoms with Gasteiger partial charge in [0, 0.05) is 0 Å². The van der Waals surface area contributed by atoms with Crippen LogP contribution in [0, 0.1) is 0 Å². The quantitative estimate of drug-likeness (QED) is 0.573. The Morgan fingerprint density at radius 3 is 2.04 bits per heavy atom. The molecule has 0 aromatic heterocycles. The predicted molar refractivity (Wildman–Crippen MR) is 88.3 cm³/mol. The first-order valence-corrected chi connectivity index (χ1v) is 7.91. The zero-order valence-electron chi connectivity index (χ0n) is 13.4. The number of hydrogen-bond donors (Lipinski definition) is 0. The largest absolute Gasteiger partial charge is 0.457 e. The van der Waals surface area contributed by atoms with Gasteiger partial charge in [0.2, 0.25) is 0 Å². The van der Waals surface area contributed by atoms with E-state index >= 15 is 0 Å². The van der Waals surface area contributed by atoms with Gasteiger partial charge in [-0.1, -0.05) is 50.9 Å². The van der Waals surface area contributed by atoms with Crippen molar-refractivity contribution < 1.29 is 17.9 Å². The number of aryl methyl sites for hydroxylation is 1. The lowest BCUT2D eigenvalue weighted by atomic mass is 10.1. The van der Waals surface area contributed by atoms with E-state index in [2.05, 4.69) is 6.92 Å². The summed E-state index contributed by atoms with van der Waals surface area (Å²) in [5.74, 6) is 0.597. The van der Waals surface area contributed by atoms with E-state index in [9.17, 15) is 13.2 Å². The first-order chi connectivity index (χ1) is 10.9. The SMILES string of the molecule is CC.CCCc1ccc(Oc2ccc(Cl)c(C(F)(F)F)c2)cc1. The molecule has 5 heteroatoms. The molecule has 0 aliphatic carbocycles. The van der Waals surface area contributed by atoms with Crippen LogP contribution in [0.15, 0.2) is 42.5 Å². The Hall–Kier alpha value is -1.68. The summed E-state index contributed by atoms with van der Waals surface area (Å²) in [6.45, 7) is 6.08. The highest BCUT2D eigenvalue weighted by atomic mass is 35.5. The molecule has 0 heterocycles. The minimum atomic E-state index is -4.50. The van der Waals surface area contributed by atoms with Crippen molar-refractivity contribution >= 4 is 11.6 Å². The summed E-state index contributed by atoms with van der Waals surface area (Å²) in [5.41, 5.74) is 0.265. The van der Waals surface area contributed by atoms with Crippen molar-refractivity contribution in [1.29, 1.82) is 0 Å². The lowest BCUT2D eigenvalue weighted by Crippen LogP contribution is -2.05. The van der Waals surface area contributed by atoms with Crippen LogP contribution in [0.4, 0.5) is 13.2 Å². The van der Waals surface area contributed by atoms with Crippen molar-refractivity contribution in [1.82, 2.24) is 0 Å². The Kier molecular flexibility index (Phi) is 7.43. The van der Waals surface area contributed by atoms with Gasteiger partial charge < -0.3 is 4.74 Å². The number of alkyl halides is 3. The smallest absolute Gasteiger partial charge is 0.417 e. The molecule has 2 aromatic rings. The van der Waals surface area contributed by atoms with Crippen LogP contribution in [0.25, 0.3) is 0 Å². The van der Waals surface area contributed by atoms with Crippen molar-refractivity contribution in [2.24, 2.45) is 0 Å². The van der Waals surface area contributed by atoms with Gasteiger partial charge in [-0.2, -0.15) is 13.2 Å². The van der Waals surface area contributed by atoms with E-state index in [1.54, 1.807) is 12.1 Å². The van der Waals surface area contributed by atoms with Gasteiger partial charge in [-0.25, -0.2) is 0 Å². The molecule has 0 aliphatic rings. The van der Waals surface area contributed by atoms with Crippen LogP contribution in [-0.2, 0) is 12.6 Å². The van der Waals surface area contributed by atoms with Crippen LogP contribution in [0.3, 0.4) is 0 Å². The molecular weight excluding hydrogens is 325 g/mol. The van der Waals surface area contributed by atoms with Crippen LogP contribution in [0.1, 0.15) is 38.3 Å². The van der Waals surface area contributed by atoms with Gasteiger partial charge in [0.1, 0.15) is 11.5 Å². The van der Waals surface area contributed by atoms with Crippen molar-refractivity contribution in [2.45, 2.75) is 39.8 Å². The number of rotatable bonds is 4. The summed E-state index contributed by atoms with van der Waals surface area (Å²) in [6, 6.07) is 10.8. The van der Waals surface area contributed by atoms with E-state index < -0.39 is 11.7 Å². The van der Waals surface area contributed by atoms with Crippen LogP contribution < -0.4 is 4.74 Å². The highest BCUT2D eigenvalue weighted by molar-refractivity contribution is 6.31. The molecule has 0 amide bonds. The summed E-state index contributed by atoms with van der Waals surface area (Å²) in [4.78, 5) is 0. The third-order valence-electron chi connectivity index (χ3n) is 2.94. The van der Waals surface area contributed by atoms with E-state index in [1.165, 1.54) is 12.1 Å². The predicted octanol–water partition coefficient (Wildman–Crippen LogP) is 7.13. The molecule has 2 rings (SSSR count). The summed E-state index contributed by atoms with van der Waals surface area (Å²) in [7, 11) is 0. The molecule has 2 aromatic carbocycles. The Labute approximate surface area is 140 Å². The van der Waals surface area contributed by atoms with Crippen molar-refractivity contribution in [3.8, 4) is 11.5 Å². The maximum Gasteiger partial charge on any atom is 0.417 e. The molecule has 0 radical (unpaired) electrons. The fourth-order valence-electron chi connectivity index (χ4n) is 1.93. The maximum absolute atomic E-state index is 12.8. The van der Waals surface area contributed by atoms with Gasteiger partial charge in [0.25, 0.3) is 0 Å². The molecular formula is C18H20ClF3O. The molecule has 126 valence electrons. The van der Waals surface area contributed by atoms with Gasteiger partial charge >= 0.3 is 6.18 Å². The third-order valence-corrected chi connectivity index (χ3v) is 3.27. The number of halogens is 4. The number of benzene rings is 2. The summed E-state index contributed by atoms with van der Waals surface area (Å²) >= 11 is 5.56. The maximum atomic E-state index is 12.8. The van der Waals surface area contributed by atoms with E-state index in [0.717, 1.165) is 24.5 Å². The normalized spacial score (nSPS) is 10.7. The number of ether oxygens (including phenoxy) is 1. The topological polar surface area (TPSA) is 9.23 Å². The number of hydrogen-bond acceptors (Lipinski definition) is 1. The summed E-state index contributed by atoms with van der Waals surface area (Å²) in [6.07, 6.45) is -2.51. The van der Waals surface area contributed by atoms with Crippen LogP contribution in [0.2, 0.25) is 5.02 Å². The lowest BCUT2D eigenvalue weighted by Gasteiger charge is -2.12. The molecule has 0 fully saturated rings. The highest BCUT2D eigenvalue weighted by Crippen LogP contribution is 2.37. The third kappa shape index (κ3) is 5.79. The first kappa shape index (κ1) is 19.4. The fraction of sp³-hybridized carbons (Fsp3) is 0.333. The highest BCUT2D eigenvalue weighted by Gasteiger charge is 2.33. The van der Waals surface area contributed by atoms with Crippen LogP contribution >= 0.6 is 11.6 Å². The average Bonchev–Trinajstić information content (AvgIpc) is 2.52. The Morgan fingerprint density at radius 1 is 0.957 bits per heavy atom. The van der Waals surface area contributed by atoms with Gasteiger partial charge in [0.15, 0.2) is 0 Å². The van der Waals surface area contributed by atoms with E-state index in [1.807, 2.05) is 26.0 Å². The molecule has 0 bridgehead atoms. The van der Waals surface area contributed by atoms with Crippen molar-refractivity contribution in [3.63, 3.8) is 0 Å². The minimum Gasteiger partial charge on any atom is -0.457 e. The van der Waals surface area contributed by atoms with Crippen LogP contribution in [-0.4, -0.2) is 0 Å². The van der Waals surface area contributed by atoms with E-state index in [4.69, 9.17) is 16.3 Å². The Balaban J connectivity index is 0.00000127. The summed E-state index contributed by atoms with van der Waals surface area (Å²) < 4.78 is 43.7. The van der Waals surface area contributed by atoms with E-state index in [-0.39, 0.29) is 10.8 Å². The van der Waals surface area contributed by atoms with Gasteiger partial charge in [-0.15, -0.1) is 0 Å². The van der Waals surface area contributed by atoms with Gasteiger partial charge in [-0.3, -0.25) is 0 Å². The first-order valence-electron chi connectivity index (χ1n) is 7.53. The zero-order chi connectivity index (χ0) is 17.5. The molecule has 0 saturated heterocycles. The molecule has 0 N–H and O–H groups in total. The second-order valence-corrected chi connectivity index (χ2v) is 5.04. The standard InChI is InChI=1S/C16H14ClF3O.C2H6/c1-2-3-11-4-6-12(7-5-11)21-13-8-9-15(17)14(10-13)16(18,19)20;1-2/h4-10H,2-3H2,1H3;1-2H3. The van der Waals surface area contributed by atoms with Crippen molar-refractivity contribution in [3.05, 3.63) is 58.6 Å². The summed E-state index contributed by atoms with van der Waals surface area (Å²) in [5, 5.41) is -0.340. The molecule has 0 aliphatic heterocycles. The average molecular weight is 345 g/mol. The molecule has 23 heavy (non-hydrogen) atoms. The molecule has 0 saturated carbocycles. The Morgan fingerprint density at radius 2 is 1.52 bits per heavy atom. The van der Waals surface area contributed by atoms with Crippen LogP contribution in [0.5, 0.6) is 11.5 Å². The fourth-order valence-corrected chi connectivity index (χ4v) is 2.16. The Bertz CT molecular complexity index is 607. The zero-order valence-corrected chi connectivity index (χ0v) is 14.1. The molecule has 0 spiro atoms. The van der Waals surface area contributed by atoms with E-state index in [0.29, 0.717) is 5.75 Å². The monoisotopic (exact) mass is 344 g/mol. The molecule has 0 unspecified atom stereocenters.